The molecule has 4 rings (SSSR count). The summed E-state index contributed by atoms with van der Waals surface area (Å²) in [5.41, 5.74) is -2.17. The van der Waals surface area contributed by atoms with Crippen molar-refractivity contribution < 1.29 is 23.1 Å². The van der Waals surface area contributed by atoms with E-state index in [1.807, 2.05) is 20.8 Å². The summed E-state index contributed by atoms with van der Waals surface area (Å²) in [5, 5.41) is 18.3. The molecule has 1 amide bonds. The standard InChI is InChI=1S/C29H28Cl2F2N4O3S/c1-5-40-26(39)20-13-41-27(35-20)37-25(38)24-22(16-7-6-8-18(31)23(16)33)29(14-34,21(36-24)12-28(2,3)4)17-10-9-15(30)11-19(17)32/h6-11,13,21-22,24,36H,5,12H2,1-4H3,(H,35,37,38)/t21-,22-,24+,29-/m0/s1. The number of rotatable bonds is 7. The number of thiazole rings is 1. The molecule has 1 saturated heterocycles. The summed E-state index contributed by atoms with van der Waals surface area (Å²) in [7, 11) is 0. The van der Waals surface area contributed by atoms with Gasteiger partial charge in [-0.3, -0.25) is 4.79 Å². The molecule has 12 heteroatoms. The van der Waals surface area contributed by atoms with Crippen molar-refractivity contribution in [1.82, 2.24) is 10.3 Å². The van der Waals surface area contributed by atoms with Gasteiger partial charge in [0.1, 0.15) is 17.0 Å². The fourth-order valence-corrected chi connectivity index (χ4v) is 6.39. The van der Waals surface area contributed by atoms with Crippen LogP contribution in [0.3, 0.4) is 0 Å². The van der Waals surface area contributed by atoms with Crippen molar-refractivity contribution in [3.63, 3.8) is 0 Å². The zero-order valence-corrected chi connectivity index (χ0v) is 25.1. The van der Waals surface area contributed by atoms with E-state index in [0.29, 0.717) is 6.42 Å². The number of carbonyl (C=O) groups is 2. The first-order valence-electron chi connectivity index (χ1n) is 12.8. The average Bonchev–Trinajstić information content (AvgIpc) is 3.48. The lowest BCUT2D eigenvalue weighted by Gasteiger charge is -2.37. The van der Waals surface area contributed by atoms with Crippen LogP contribution in [0.2, 0.25) is 10.0 Å². The molecule has 1 aliphatic heterocycles. The molecule has 2 heterocycles. The largest absolute Gasteiger partial charge is 0.461 e. The van der Waals surface area contributed by atoms with Crippen LogP contribution in [0.25, 0.3) is 0 Å². The Morgan fingerprint density at radius 2 is 1.98 bits per heavy atom. The maximum atomic E-state index is 15.7. The number of anilines is 1. The van der Waals surface area contributed by atoms with Crippen LogP contribution in [0, 0.1) is 28.4 Å². The number of nitrogens with one attached hydrogen (secondary N) is 2. The summed E-state index contributed by atoms with van der Waals surface area (Å²) in [5.74, 6) is -4.09. The van der Waals surface area contributed by atoms with Gasteiger partial charge in [0.05, 0.1) is 23.7 Å². The smallest absolute Gasteiger partial charge is 0.357 e. The van der Waals surface area contributed by atoms with E-state index in [1.165, 1.54) is 35.7 Å². The van der Waals surface area contributed by atoms with Crippen molar-refractivity contribution in [2.75, 3.05) is 11.9 Å². The van der Waals surface area contributed by atoms with Gasteiger partial charge >= 0.3 is 5.97 Å². The second-order valence-electron chi connectivity index (χ2n) is 10.9. The fraction of sp³-hybridized carbons (Fsp3) is 0.379. The predicted octanol–water partition coefficient (Wildman–Crippen LogP) is 6.87. The summed E-state index contributed by atoms with van der Waals surface area (Å²) in [4.78, 5) is 30.1. The Morgan fingerprint density at radius 1 is 1.24 bits per heavy atom. The summed E-state index contributed by atoms with van der Waals surface area (Å²) >= 11 is 13.2. The number of hydrogen-bond acceptors (Lipinski definition) is 7. The van der Waals surface area contributed by atoms with Gasteiger partial charge in [0.15, 0.2) is 10.8 Å². The van der Waals surface area contributed by atoms with Gasteiger partial charge < -0.3 is 15.4 Å². The zero-order chi connectivity index (χ0) is 30.1. The molecule has 2 aromatic carbocycles. The van der Waals surface area contributed by atoms with Crippen LogP contribution >= 0.6 is 34.5 Å². The van der Waals surface area contributed by atoms with Crippen molar-refractivity contribution in [3.8, 4) is 6.07 Å². The van der Waals surface area contributed by atoms with Gasteiger partial charge in [0, 0.05) is 27.9 Å². The van der Waals surface area contributed by atoms with E-state index in [2.05, 4.69) is 21.7 Å². The number of aromatic nitrogens is 1. The highest BCUT2D eigenvalue weighted by molar-refractivity contribution is 7.14. The van der Waals surface area contributed by atoms with Gasteiger partial charge in [-0.05, 0) is 42.5 Å². The molecule has 1 aliphatic rings. The van der Waals surface area contributed by atoms with Crippen molar-refractivity contribution in [2.24, 2.45) is 5.41 Å². The van der Waals surface area contributed by atoms with E-state index >= 15 is 8.78 Å². The first kappa shape index (κ1) is 30.8. The van der Waals surface area contributed by atoms with Crippen LogP contribution in [-0.2, 0) is 14.9 Å². The summed E-state index contributed by atoms with van der Waals surface area (Å²) in [6, 6.07) is 8.54. The van der Waals surface area contributed by atoms with E-state index in [4.69, 9.17) is 27.9 Å². The number of amides is 1. The molecular formula is C29H28Cl2F2N4O3S. The molecule has 7 nitrogen and oxygen atoms in total. The summed E-state index contributed by atoms with van der Waals surface area (Å²) < 4.78 is 36.4. The molecule has 0 unspecified atom stereocenters. The molecule has 0 spiro atoms. The fourth-order valence-electron chi connectivity index (χ4n) is 5.37. The molecule has 2 N–H and O–H groups in total. The molecular weight excluding hydrogens is 593 g/mol. The summed E-state index contributed by atoms with van der Waals surface area (Å²) in [6.45, 7) is 7.66. The third kappa shape index (κ3) is 6.09. The van der Waals surface area contributed by atoms with Crippen molar-refractivity contribution in [2.45, 2.75) is 57.5 Å². The second-order valence-corrected chi connectivity index (χ2v) is 12.6. The van der Waals surface area contributed by atoms with Gasteiger partial charge in [-0.25, -0.2) is 18.6 Å². The maximum Gasteiger partial charge on any atom is 0.357 e. The third-order valence-electron chi connectivity index (χ3n) is 6.95. The van der Waals surface area contributed by atoms with Crippen LogP contribution < -0.4 is 10.6 Å². The van der Waals surface area contributed by atoms with Crippen molar-refractivity contribution in [3.05, 3.63) is 80.3 Å². The van der Waals surface area contributed by atoms with E-state index < -0.39 is 46.9 Å². The minimum atomic E-state index is -1.76. The first-order valence-corrected chi connectivity index (χ1v) is 14.5. The lowest BCUT2D eigenvalue weighted by Crippen LogP contribution is -2.45. The quantitative estimate of drug-likeness (QED) is 0.279. The van der Waals surface area contributed by atoms with Crippen molar-refractivity contribution >= 4 is 51.5 Å². The molecule has 0 bridgehead atoms. The lowest BCUT2D eigenvalue weighted by molar-refractivity contribution is -0.118. The molecule has 4 atom stereocenters. The van der Waals surface area contributed by atoms with Gasteiger partial charge in [0.2, 0.25) is 5.91 Å². The molecule has 41 heavy (non-hydrogen) atoms. The number of carbonyl (C=O) groups excluding carboxylic acids is 2. The van der Waals surface area contributed by atoms with E-state index in [9.17, 15) is 14.9 Å². The topological polar surface area (TPSA) is 104 Å². The van der Waals surface area contributed by atoms with E-state index in [-0.39, 0.29) is 44.0 Å². The maximum absolute atomic E-state index is 15.7. The van der Waals surface area contributed by atoms with E-state index in [1.54, 1.807) is 6.92 Å². The van der Waals surface area contributed by atoms with E-state index in [0.717, 1.165) is 17.4 Å². The summed E-state index contributed by atoms with van der Waals surface area (Å²) in [6.07, 6.45) is 0.329. The molecule has 0 saturated carbocycles. The predicted molar refractivity (Wildman–Crippen MR) is 154 cm³/mol. The van der Waals surface area contributed by atoms with Gasteiger partial charge in [-0.1, -0.05) is 62.2 Å². The minimum absolute atomic E-state index is 0.0178. The number of hydrogen-bond donors (Lipinski definition) is 2. The highest BCUT2D eigenvalue weighted by atomic mass is 35.5. The van der Waals surface area contributed by atoms with Gasteiger partial charge in [0.25, 0.3) is 0 Å². The molecule has 1 fully saturated rings. The van der Waals surface area contributed by atoms with Gasteiger partial charge in [-0.15, -0.1) is 11.3 Å². The number of halogens is 4. The molecule has 0 aliphatic carbocycles. The van der Waals surface area contributed by atoms with Crippen LogP contribution in [0.4, 0.5) is 13.9 Å². The number of nitriles is 1. The Balaban J connectivity index is 1.89. The minimum Gasteiger partial charge on any atom is -0.461 e. The second kappa shape index (κ2) is 12.0. The van der Waals surface area contributed by atoms with Crippen LogP contribution in [0.15, 0.2) is 41.8 Å². The van der Waals surface area contributed by atoms with Crippen LogP contribution in [0.1, 0.15) is 61.6 Å². The number of ether oxygens (including phenoxy) is 1. The Kier molecular flexibility index (Phi) is 9.04. The Bertz CT molecular complexity index is 1520. The number of esters is 1. The molecule has 0 radical (unpaired) electrons. The Labute approximate surface area is 250 Å². The normalized spacial score (nSPS) is 22.3. The SMILES string of the molecule is CCOC(=O)c1csc(NC(=O)[C@@H]2N[C@@H](CC(C)(C)C)[C@](C#N)(c3ccc(Cl)cc3F)[C@H]2c2cccc(Cl)c2F)n1. The average molecular weight is 622 g/mol. The molecule has 216 valence electrons. The van der Waals surface area contributed by atoms with Crippen LogP contribution in [-0.4, -0.2) is 35.6 Å². The van der Waals surface area contributed by atoms with Crippen LogP contribution in [0.5, 0.6) is 0 Å². The zero-order valence-electron chi connectivity index (χ0n) is 22.7. The lowest BCUT2D eigenvalue weighted by atomic mass is 9.62. The Morgan fingerprint density at radius 3 is 2.61 bits per heavy atom. The molecule has 3 aromatic rings. The highest BCUT2D eigenvalue weighted by Crippen LogP contribution is 2.52. The molecule has 1 aromatic heterocycles. The highest BCUT2D eigenvalue weighted by Gasteiger charge is 2.61. The van der Waals surface area contributed by atoms with Gasteiger partial charge in [-0.2, -0.15) is 5.26 Å². The number of benzene rings is 2. The Hall–Kier alpha value is -3.10. The third-order valence-corrected chi connectivity index (χ3v) is 8.24. The number of nitrogens with zero attached hydrogens (tertiary/aromatic N) is 2. The van der Waals surface area contributed by atoms with Crippen molar-refractivity contribution in [1.29, 1.82) is 5.26 Å². The monoisotopic (exact) mass is 620 g/mol. The first-order chi connectivity index (χ1) is 19.3.